The normalized spacial score (nSPS) is 14.7. The van der Waals surface area contributed by atoms with E-state index in [4.69, 9.17) is 14.4 Å². The molecule has 0 saturated carbocycles. The summed E-state index contributed by atoms with van der Waals surface area (Å²) in [6, 6.07) is 49.2. The summed E-state index contributed by atoms with van der Waals surface area (Å²) in [5.41, 5.74) is 8.15. The third-order valence-corrected chi connectivity index (χ3v) is 8.67. The minimum absolute atomic E-state index is 0.517. The number of rotatable bonds is 3. The first-order valence-corrected chi connectivity index (χ1v) is 15.2. The van der Waals surface area contributed by atoms with Crippen LogP contribution in [0.15, 0.2) is 154 Å². The molecule has 6 aromatic carbocycles. The Morgan fingerprint density at radius 3 is 2.22 bits per heavy atom. The van der Waals surface area contributed by atoms with Gasteiger partial charge in [0, 0.05) is 27.1 Å². The van der Waals surface area contributed by atoms with Gasteiger partial charge in [0.15, 0.2) is 11.7 Å². The highest BCUT2D eigenvalue weighted by Crippen LogP contribution is 2.39. The van der Waals surface area contributed by atoms with E-state index in [9.17, 15) is 5.26 Å². The van der Waals surface area contributed by atoms with Crippen LogP contribution in [0, 0.1) is 11.3 Å². The van der Waals surface area contributed by atoms with Crippen LogP contribution < -0.4 is 5.32 Å². The fourth-order valence-corrected chi connectivity index (χ4v) is 6.54. The molecule has 0 fully saturated rings. The molecule has 0 radical (unpaired) electrons. The van der Waals surface area contributed by atoms with Gasteiger partial charge in [0.2, 0.25) is 5.96 Å². The van der Waals surface area contributed by atoms with Crippen LogP contribution in [0.1, 0.15) is 22.9 Å². The van der Waals surface area contributed by atoms with Gasteiger partial charge in [0.25, 0.3) is 0 Å². The Hall–Kier alpha value is -6.45. The first-order chi connectivity index (χ1) is 22.7. The van der Waals surface area contributed by atoms with Crippen molar-refractivity contribution in [1.82, 2.24) is 9.88 Å². The molecule has 0 amide bonds. The van der Waals surface area contributed by atoms with Gasteiger partial charge in [0.1, 0.15) is 16.9 Å². The van der Waals surface area contributed by atoms with Crippen molar-refractivity contribution in [2.75, 3.05) is 0 Å². The van der Waals surface area contributed by atoms with Crippen LogP contribution in [0.4, 0.5) is 0 Å². The summed E-state index contributed by atoms with van der Waals surface area (Å²) in [4.78, 5) is 10.4. The topological polar surface area (TPSA) is 78.6 Å². The van der Waals surface area contributed by atoms with Crippen molar-refractivity contribution in [1.29, 1.82) is 5.26 Å². The van der Waals surface area contributed by atoms with E-state index >= 15 is 0 Å². The summed E-state index contributed by atoms with van der Waals surface area (Å²) in [5.74, 6) is 1.39. The van der Waals surface area contributed by atoms with Gasteiger partial charge in [-0.1, -0.05) is 103 Å². The van der Waals surface area contributed by atoms with E-state index in [-0.39, 0.29) is 0 Å². The number of nitrogens with zero attached hydrogens (tertiary/aromatic N) is 4. The van der Waals surface area contributed by atoms with Gasteiger partial charge in [0.05, 0.1) is 17.1 Å². The molecule has 0 saturated heterocycles. The van der Waals surface area contributed by atoms with Gasteiger partial charge >= 0.3 is 0 Å². The zero-order valence-electron chi connectivity index (χ0n) is 24.6. The highest BCUT2D eigenvalue weighted by molar-refractivity contribution is 6.25. The average molecular weight is 592 g/mol. The predicted molar refractivity (Wildman–Crippen MR) is 185 cm³/mol. The third-order valence-electron chi connectivity index (χ3n) is 8.67. The van der Waals surface area contributed by atoms with E-state index < -0.39 is 6.17 Å². The van der Waals surface area contributed by atoms with E-state index in [0.717, 1.165) is 71.8 Å². The average Bonchev–Trinajstić information content (AvgIpc) is 3.68. The molecule has 1 aliphatic rings. The molecule has 6 heteroatoms. The molecule has 1 atom stereocenters. The summed E-state index contributed by atoms with van der Waals surface area (Å²) >= 11 is 0. The lowest BCUT2D eigenvalue weighted by atomic mass is 10.0. The van der Waals surface area contributed by atoms with Crippen LogP contribution in [0.5, 0.6) is 0 Å². The lowest BCUT2D eigenvalue weighted by Crippen LogP contribution is -2.39. The van der Waals surface area contributed by atoms with Crippen LogP contribution in [0.3, 0.4) is 0 Å². The number of aromatic nitrogens is 1. The number of aliphatic imine (C=N–C) groups is 2. The highest BCUT2D eigenvalue weighted by atomic mass is 16.3. The van der Waals surface area contributed by atoms with Crippen molar-refractivity contribution in [2.45, 2.75) is 6.17 Å². The number of hydrogen-bond acceptors (Lipinski definition) is 5. The Balaban J connectivity index is 1.29. The lowest BCUT2D eigenvalue weighted by molar-refractivity contribution is 0.671. The number of para-hydroxylation sites is 2. The SMILES string of the molecule is N#Cc1cccc(-c2cccc(C3N=C(c4ccccc4)NC(n4c5ccccc5c5ccc6c7ccccc7oc6c54)=N3)c2)c1. The summed E-state index contributed by atoms with van der Waals surface area (Å²) in [6.07, 6.45) is -0.517. The van der Waals surface area contributed by atoms with E-state index in [1.807, 2.05) is 66.7 Å². The fourth-order valence-electron chi connectivity index (χ4n) is 6.54. The Morgan fingerprint density at radius 2 is 1.35 bits per heavy atom. The number of nitriles is 1. The minimum Gasteiger partial charge on any atom is -0.454 e. The van der Waals surface area contributed by atoms with Crippen LogP contribution >= 0.6 is 0 Å². The number of amidine groups is 1. The third kappa shape index (κ3) is 4.10. The lowest BCUT2D eigenvalue weighted by Gasteiger charge is -2.23. The molecule has 2 aromatic heterocycles. The summed E-state index contributed by atoms with van der Waals surface area (Å²) < 4.78 is 8.76. The second kappa shape index (κ2) is 10.3. The smallest absolute Gasteiger partial charge is 0.211 e. The molecule has 3 heterocycles. The monoisotopic (exact) mass is 591 g/mol. The van der Waals surface area contributed by atoms with Crippen molar-refractivity contribution >= 4 is 55.5 Å². The molecule has 216 valence electrons. The molecular formula is C40H25N5O. The van der Waals surface area contributed by atoms with Gasteiger partial charge < -0.3 is 9.73 Å². The fraction of sp³-hybridized carbons (Fsp3) is 0.0250. The molecule has 1 unspecified atom stereocenters. The van der Waals surface area contributed by atoms with E-state index in [0.29, 0.717) is 11.5 Å². The maximum absolute atomic E-state index is 9.48. The Morgan fingerprint density at radius 1 is 0.630 bits per heavy atom. The zero-order chi connectivity index (χ0) is 30.6. The van der Waals surface area contributed by atoms with Crippen molar-refractivity contribution in [3.63, 3.8) is 0 Å². The van der Waals surface area contributed by atoms with Gasteiger partial charge in [-0.05, 0) is 53.1 Å². The second-order valence-electron chi connectivity index (χ2n) is 11.4. The van der Waals surface area contributed by atoms with Gasteiger partial charge in [-0.25, -0.2) is 9.98 Å². The molecular weight excluding hydrogens is 566 g/mol. The number of fused-ring (bicyclic) bond motifs is 7. The minimum atomic E-state index is -0.517. The van der Waals surface area contributed by atoms with Gasteiger partial charge in [-0.15, -0.1) is 0 Å². The number of hydrogen-bond donors (Lipinski definition) is 1. The number of furan rings is 1. The molecule has 0 bridgehead atoms. The Bertz CT molecular complexity index is 2580. The second-order valence-corrected chi connectivity index (χ2v) is 11.4. The predicted octanol–water partition coefficient (Wildman–Crippen LogP) is 9.19. The Kier molecular flexibility index (Phi) is 5.84. The van der Waals surface area contributed by atoms with Crippen LogP contribution in [-0.2, 0) is 0 Å². The van der Waals surface area contributed by atoms with Gasteiger partial charge in [-0.3, -0.25) is 4.57 Å². The largest absolute Gasteiger partial charge is 0.454 e. The van der Waals surface area contributed by atoms with Crippen molar-refractivity contribution in [2.24, 2.45) is 9.98 Å². The molecule has 0 spiro atoms. The summed E-state index contributed by atoms with van der Waals surface area (Å²) in [5, 5.41) is 17.4. The first-order valence-electron chi connectivity index (χ1n) is 15.2. The van der Waals surface area contributed by atoms with Crippen molar-refractivity contribution in [3.05, 3.63) is 156 Å². The van der Waals surface area contributed by atoms with Crippen LogP contribution in [0.25, 0.3) is 54.9 Å². The van der Waals surface area contributed by atoms with Gasteiger partial charge in [-0.2, -0.15) is 5.26 Å². The molecule has 6 nitrogen and oxygen atoms in total. The summed E-state index contributed by atoms with van der Waals surface area (Å²) in [7, 11) is 0. The maximum atomic E-state index is 9.48. The Labute approximate surface area is 264 Å². The van der Waals surface area contributed by atoms with Crippen LogP contribution in [-0.4, -0.2) is 16.4 Å². The van der Waals surface area contributed by atoms with Crippen LogP contribution in [0.2, 0.25) is 0 Å². The molecule has 1 N–H and O–H groups in total. The number of nitrogens with one attached hydrogen (secondary N) is 1. The highest BCUT2D eigenvalue weighted by Gasteiger charge is 2.26. The van der Waals surface area contributed by atoms with E-state index in [2.05, 4.69) is 88.7 Å². The standard InChI is InChI=1S/C40H25N5O/c41-24-25-10-8-13-27(22-25)28-14-9-15-29(23-28)39-42-38(26-11-2-1-3-12-26)43-40(44-39)45-34-18-6-4-16-30(34)32-20-21-33-31-17-5-7-19-35(31)46-37(33)36(32)45/h1-23,39H,(H,42,43,44). The molecule has 8 aromatic rings. The molecule has 9 rings (SSSR count). The first kappa shape index (κ1) is 26.0. The van der Waals surface area contributed by atoms with Crippen molar-refractivity contribution < 1.29 is 4.42 Å². The van der Waals surface area contributed by atoms with Crippen molar-refractivity contribution in [3.8, 4) is 17.2 Å². The van der Waals surface area contributed by atoms with E-state index in [1.54, 1.807) is 0 Å². The van der Waals surface area contributed by atoms with E-state index in [1.165, 1.54) is 0 Å². The summed E-state index contributed by atoms with van der Waals surface area (Å²) in [6.45, 7) is 0. The molecule has 1 aliphatic heterocycles. The quantitative estimate of drug-likeness (QED) is 0.222. The molecule has 46 heavy (non-hydrogen) atoms. The number of benzene rings is 6. The zero-order valence-corrected chi connectivity index (χ0v) is 24.6. The maximum Gasteiger partial charge on any atom is 0.211 e. The molecule has 0 aliphatic carbocycles.